The first-order valence-electron chi connectivity index (χ1n) is 8.01. The maximum atomic E-state index is 12.4. The lowest BCUT2D eigenvalue weighted by atomic mass is 10.1. The average molecular weight is 302 g/mol. The number of rotatable bonds is 4. The zero-order valence-corrected chi connectivity index (χ0v) is 13.0. The molecule has 3 rings (SSSR count). The van der Waals surface area contributed by atoms with Crippen LogP contribution in [0.1, 0.15) is 26.2 Å². The summed E-state index contributed by atoms with van der Waals surface area (Å²) in [5.74, 6) is 0.765. The Balaban J connectivity index is 1.67. The Morgan fingerprint density at radius 2 is 1.91 bits per heavy atom. The fraction of sp³-hybridized carbons (Fsp3) is 0.529. The topological polar surface area (TPSA) is 49.9 Å². The standard InChI is InChI=1S/C17H22N2O3/c1-2-22-15-7-5-14(6-8-15)19-12-13(11-16(19)20)17(21)18-9-3-4-10-18/h5-8,13H,2-4,9-12H2,1H3/t13-/m1/s1. The van der Waals surface area contributed by atoms with E-state index in [1.807, 2.05) is 36.1 Å². The molecule has 2 aliphatic rings. The molecule has 1 atom stereocenters. The van der Waals surface area contributed by atoms with Gasteiger partial charge >= 0.3 is 0 Å². The van der Waals surface area contributed by atoms with Crippen molar-refractivity contribution in [2.45, 2.75) is 26.2 Å². The van der Waals surface area contributed by atoms with Gasteiger partial charge in [-0.05, 0) is 44.0 Å². The SMILES string of the molecule is CCOc1ccc(N2C[C@H](C(=O)N3CCCC3)CC2=O)cc1. The molecule has 2 heterocycles. The van der Waals surface area contributed by atoms with Crippen molar-refractivity contribution >= 4 is 17.5 Å². The van der Waals surface area contributed by atoms with Gasteiger partial charge in [0.2, 0.25) is 11.8 Å². The maximum absolute atomic E-state index is 12.4. The molecule has 0 bridgehead atoms. The fourth-order valence-corrected chi connectivity index (χ4v) is 3.21. The molecule has 0 aromatic heterocycles. The van der Waals surface area contributed by atoms with E-state index in [0.717, 1.165) is 37.4 Å². The molecule has 2 aliphatic heterocycles. The minimum Gasteiger partial charge on any atom is -0.494 e. The molecule has 2 fully saturated rings. The second kappa shape index (κ2) is 6.38. The predicted octanol–water partition coefficient (Wildman–Crippen LogP) is 2.06. The molecular weight excluding hydrogens is 280 g/mol. The van der Waals surface area contributed by atoms with Crippen LogP contribution in [0.2, 0.25) is 0 Å². The van der Waals surface area contributed by atoms with Crippen molar-refractivity contribution in [2.24, 2.45) is 5.92 Å². The van der Waals surface area contributed by atoms with Crippen molar-refractivity contribution in [3.8, 4) is 5.75 Å². The van der Waals surface area contributed by atoms with E-state index in [1.54, 1.807) is 4.90 Å². The molecule has 5 nitrogen and oxygen atoms in total. The Morgan fingerprint density at radius 1 is 1.23 bits per heavy atom. The van der Waals surface area contributed by atoms with E-state index in [-0.39, 0.29) is 17.7 Å². The van der Waals surface area contributed by atoms with Gasteiger partial charge in [0.25, 0.3) is 0 Å². The maximum Gasteiger partial charge on any atom is 0.228 e. The number of carbonyl (C=O) groups is 2. The normalized spacial score (nSPS) is 21.5. The highest BCUT2D eigenvalue weighted by molar-refractivity contribution is 6.00. The molecule has 22 heavy (non-hydrogen) atoms. The van der Waals surface area contributed by atoms with Crippen molar-refractivity contribution in [3.63, 3.8) is 0 Å². The zero-order chi connectivity index (χ0) is 15.5. The molecule has 0 unspecified atom stereocenters. The van der Waals surface area contributed by atoms with Crippen LogP contribution in [0.3, 0.4) is 0 Å². The third-order valence-electron chi connectivity index (χ3n) is 4.35. The van der Waals surface area contributed by atoms with Crippen molar-refractivity contribution in [1.29, 1.82) is 0 Å². The molecule has 0 aliphatic carbocycles. The predicted molar refractivity (Wildman–Crippen MR) is 83.9 cm³/mol. The van der Waals surface area contributed by atoms with Gasteiger partial charge < -0.3 is 14.5 Å². The van der Waals surface area contributed by atoms with E-state index < -0.39 is 0 Å². The third-order valence-corrected chi connectivity index (χ3v) is 4.35. The van der Waals surface area contributed by atoms with Gasteiger partial charge in [0.05, 0.1) is 12.5 Å². The fourth-order valence-electron chi connectivity index (χ4n) is 3.21. The molecule has 2 amide bonds. The second-order valence-corrected chi connectivity index (χ2v) is 5.86. The largest absolute Gasteiger partial charge is 0.494 e. The molecule has 0 saturated carbocycles. The van der Waals surface area contributed by atoms with Crippen molar-refractivity contribution in [2.75, 3.05) is 31.1 Å². The van der Waals surface area contributed by atoms with Crippen molar-refractivity contribution in [3.05, 3.63) is 24.3 Å². The Bertz CT molecular complexity index is 550. The van der Waals surface area contributed by atoms with Gasteiger partial charge in [-0.25, -0.2) is 0 Å². The average Bonchev–Trinajstić information content (AvgIpc) is 3.17. The minimum atomic E-state index is -0.197. The van der Waals surface area contributed by atoms with Crippen LogP contribution in [0.25, 0.3) is 0 Å². The van der Waals surface area contributed by atoms with Crippen LogP contribution in [0.4, 0.5) is 5.69 Å². The van der Waals surface area contributed by atoms with Gasteiger partial charge in [-0.15, -0.1) is 0 Å². The van der Waals surface area contributed by atoms with Gasteiger partial charge in [0, 0.05) is 31.7 Å². The summed E-state index contributed by atoms with van der Waals surface area (Å²) in [5, 5.41) is 0. The Hall–Kier alpha value is -2.04. The van der Waals surface area contributed by atoms with Crippen LogP contribution < -0.4 is 9.64 Å². The Morgan fingerprint density at radius 3 is 2.55 bits per heavy atom. The molecule has 1 aromatic carbocycles. The van der Waals surface area contributed by atoms with E-state index in [0.29, 0.717) is 19.6 Å². The summed E-state index contributed by atoms with van der Waals surface area (Å²) in [6.07, 6.45) is 2.48. The first-order chi connectivity index (χ1) is 10.7. The van der Waals surface area contributed by atoms with Crippen LogP contribution in [0.15, 0.2) is 24.3 Å². The summed E-state index contributed by atoms with van der Waals surface area (Å²) < 4.78 is 5.41. The van der Waals surface area contributed by atoms with Gasteiger partial charge in [0.1, 0.15) is 5.75 Å². The van der Waals surface area contributed by atoms with Crippen LogP contribution in [-0.2, 0) is 9.59 Å². The number of carbonyl (C=O) groups excluding carboxylic acids is 2. The quantitative estimate of drug-likeness (QED) is 0.855. The number of ether oxygens (including phenoxy) is 1. The molecule has 1 aromatic rings. The summed E-state index contributed by atoms with van der Waals surface area (Å²) in [4.78, 5) is 28.3. The summed E-state index contributed by atoms with van der Waals surface area (Å²) in [6, 6.07) is 7.49. The highest BCUT2D eigenvalue weighted by atomic mass is 16.5. The van der Waals surface area contributed by atoms with Crippen LogP contribution >= 0.6 is 0 Å². The number of hydrogen-bond donors (Lipinski definition) is 0. The van der Waals surface area contributed by atoms with Gasteiger partial charge in [-0.2, -0.15) is 0 Å². The smallest absolute Gasteiger partial charge is 0.228 e. The molecule has 0 radical (unpaired) electrons. The van der Waals surface area contributed by atoms with E-state index in [4.69, 9.17) is 4.74 Å². The minimum absolute atomic E-state index is 0.0294. The lowest BCUT2D eigenvalue weighted by Crippen LogP contribution is -2.35. The third kappa shape index (κ3) is 2.93. The lowest BCUT2D eigenvalue weighted by molar-refractivity contribution is -0.134. The molecule has 2 saturated heterocycles. The van der Waals surface area contributed by atoms with E-state index >= 15 is 0 Å². The summed E-state index contributed by atoms with van der Waals surface area (Å²) in [5.41, 5.74) is 0.838. The first-order valence-corrected chi connectivity index (χ1v) is 8.01. The van der Waals surface area contributed by atoms with Gasteiger partial charge in [0.15, 0.2) is 0 Å². The van der Waals surface area contributed by atoms with Crippen LogP contribution in [0.5, 0.6) is 5.75 Å². The monoisotopic (exact) mass is 302 g/mol. The van der Waals surface area contributed by atoms with Gasteiger partial charge in [-0.3, -0.25) is 9.59 Å². The number of hydrogen-bond acceptors (Lipinski definition) is 3. The Kier molecular flexibility index (Phi) is 4.32. The zero-order valence-electron chi connectivity index (χ0n) is 13.0. The number of amides is 2. The van der Waals surface area contributed by atoms with E-state index in [9.17, 15) is 9.59 Å². The van der Waals surface area contributed by atoms with Crippen LogP contribution in [-0.4, -0.2) is 43.0 Å². The molecular formula is C17H22N2O3. The van der Waals surface area contributed by atoms with Gasteiger partial charge in [-0.1, -0.05) is 0 Å². The number of likely N-dealkylation sites (tertiary alicyclic amines) is 1. The second-order valence-electron chi connectivity index (χ2n) is 5.86. The van der Waals surface area contributed by atoms with Crippen molar-refractivity contribution in [1.82, 2.24) is 4.90 Å². The summed E-state index contributed by atoms with van der Waals surface area (Å²) in [7, 11) is 0. The molecule has 118 valence electrons. The first kappa shape index (κ1) is 14.9. The highest BCUT2D eigenvalue weighted by Gasteiger charge is 2.37. The van der Waals surface area contributed by atoms with E-state index in [2.05, 4.69) is 0 Å². The number of anilines is 1. The number of nitrogens with zero attached hydrogens (tertiary/aromatic N) is 2. The molecule has 0 N–H and O–H groups in total. The molecule has 0 spiro atoms. The lowest BCUT2D eigenvalue weighted by Gasteiger charge is -2.20. The molecule has 5 heteroatoms. The van der Waals surface area contributed by atoms with E-state index in [1.165, 1.54) is 0 Å². The highest BCUT2D eigenvalue weighted by Crippen LogP contribution is 2.28. The van der Waals surface area contributed by atoms with Crippen LogP contribution in [0, 0.1) is 5.92 Å². The van der Waals surface area contributed by atoms with Crippen molar-refractivity contribution < 1.29 is 14.3 Å². The summed E-state index contributed by atoms with van der Waals surface area (Å²) in [6.45, 7) is 4.72. The Labute approximate surface area is 130 Å². The summed E-state index contributed by atoms with van der Waals surface area (Å²) >= 11 is 0. The number of benzene rings is 1.